The van der Waals surface area contributed by atoms with Gasteiger partial charge in [0.1, 0.15) is 20.6 Å². The summed E-state index contributed by atoms with van der Waals surface area (Å²) in [7, 11) is -7.96. The van der Waals surface area contributed by atoms with Gasteiger partial charge in [0, 0.05) is 0 Å². The zero-order valence-corrected chi connectivity index (χ0v) is 19.9. The Hall–Kier alpha value is -1.57. The van der Waals surface area contributed by atoms with Crippen LogP contribution in [0, 0.1) is 0 Å². The van der Waals surface area contributed by atoms with Crippen molar-refractivity contribution in [3.63, 3.8) is 0 Å². The summed E-state index contributed by atoms with van der Waals surface area (Å²) in [5.74, 6) is -0.982. The lowest BCUT2D eigenvalue weighted by Gasteiger charge is -2.23. The van der Waals surface area contributed by atoms with Crippen LogP contribution in [0.3, 0.4) is 0 Å². The van der Waals surface area contributed by atoms with Gasteiger partial charge in [-0.3, -0.25) is 4.79 Å². The fraction of sp³-hybridized carbons (Fsp3) is 0.647. The van der Waals surface area contributed by atoms with Gasteiger partial charge in [0.25, 0.3) is 15.9 Å². The molecule has 3 N–H and O–H groups in total. The molecule has 0 bridgehead atoms. The molecule has 2 rings (SSSR count). The van der Waals surface area contributed by atoms with Crippen molar-refractivity contribution in [1.29, 1.82) is 0 Å². The molecular weight excluding hydrogens is 454 g/mol. The zero-order chi connectivity index (χ0) is 22.9. The lowest BCUT2D eigenvalue weighted by Crippen LogP contribution is -2.42. The van der Waals surface area contributed by atoms with Crippen molar-refractivity contribution in [2.24, 2.45) is 0 Å². The van der Waals surface area contributed by atoms with Crippen LogP contribution in [0.4, 0.5) is 4.79 Å². The maximum Gasteiger partial charge on any atom is 0.408 e. The van der Waals surface area contributed by atoms with Crippen molar-refractivity contribution in [3.8, 4) is 0 Å². The lowest BCUT2D eigenvalue weighted by molar-refractivity contribution is -0.118. The van der Waals surface area contributed by atoms with E-state index in [2.05, 4.69) is 10.6 Å². The molecule has 0 saturated heterocycles. The molecule has 2 amide bonds. The third-order valence-electron chi connectivity index (χ3n) is 4.16. The van der Waals surface area contributed by atoms with Crippen LogP contribution in [-0.2, 0) is 29.4 Å². The SMILES string of the molecule is CCN[C@H]1C=C(S(=O)(=O)NC(=O)CNC(=O)OC(C)(C)C)SC2=C1C[C@H](C)S2(=O)=O. The summed E-state index contributed by atoms with van der Waals surface area (Å²) in [6, 6.07) is -0.562. The maximum atomic E-state index is 12.7. The second-order valence-electron chi connectivity index (χ2n) is 7.88. The molecule has 10 nitrogen and oxygen atoms in total. The standard InChI is InChI=1S/C17H27N3O7S3/c1-6-18-12-8-14(28-15-11(12)7-10(2)29(15,23)24)30(25,26)20-13(21)9-19-16(22)27-17(3,4)5/h8,10,12,18H,6-7,9H2,1-5H3,(H,19,22)(H,20,21)/t10-,12-/m0/s1. The van der Waals surface area contributed by atoms with Crippen molar-refractivity contribution in [2.75, 3.05) is 13.1 Å². The van der Waals surface area contributed by atoms with Crippen LogP contribution >= 0.6 is 11.8 Å². The first kappa shape index (κ1) is 24.7. The van der Waals surface area contributed by atoms with E-state index >= 15 is 0 Å². The van der Waals surface area contributed by atoms with Gasteiger partial charge >= 0.3 is 6.09 Å². The Kier molecular flexibility index (Phi) is 7.32. The summed E-state index contributed by atoms with van der Waals surface area (Å²) in [6.45, 7) is 8.21. The van der Waals surface area contributed by atoms with E-state index in [1.165, 1.54) is 6.08 Å². The highest BCUT2D eigenvalue weighted by atomic mass is 32.3. The van der Waals surface area contributed by atoms with Crippen molar-refractivity contribution in [3.05, 3.63) is 20.1 Å². The number of likely N-dealkylation sites (N-methyl/N-ethyl adjacent to an activating group) is 1. The van der Waals surface area contributed by atoms with Gasteiger partial charge in [-0.1, -0.05) is 18.7 Å². The Balaban J connectivity index is 2.13. The minimum Gasteiger partial charge on any atom is -0.444 e. The Labute approximate surface area is 181 Å². The molecule has 0 radical (unpaired) electrons. The number of hydrogen-bond donors (Lipinski definition) is 3. The fourth-order valence-corrected chi connectivity index (χ4v) is 7.91. The van der Waals surface area contributed by atoms with Gasteiger partial charge in [0.05, 0.1) is 11.3 Å². The molecule has 2 aliphatic heterocycles. The summed E-state index contributed by atoms with van der Waals surface area (Å²) >= 11 is 0.622. The summed E-state index contributed by atoms with van der Waals surface area (Å²) < 4.78 is 57.1. The smallest absolute Gasteiger partial charge is 0.408 e. The van der Waals surface area contributed by atoms with Gasteiger partial charge < -0.3 is 15.4 Å². The number of alkyl carbamates (subject to hydrolysis) is 1. The average Bonchev–Trinajstić information content (AvgIpc) is 2.81. The molecule has 0 spiro atoms. The summed E-state index contributed by atoms with van der Waals surface area (Å²) in [5, 5.41) is 4.60. The van der Waals surface area contributed by atoms with Crippen molar-refractivity contribution in [1.82, 2.24) is 15.4 Å². The van der Waals surface area contributed by atoms with Crippen LogP contribution < -0.4 is 15.4 Å². The molecule has 0 aliphatic carbocycles. The number of carbonyl (C=O) groups excluding carboxylic acids is 2. The Morgan fingerprint density at radius 2 is 1.93 bits per heavy atom. The summed E-state index contributed by atoms with van der Waals surface area (Å²) in [4.78, 5) is 23.7. The molecule has 0 aromatic carbocycles. The van der Waals surface area contributed by atoms with Crippen molar-refractivity contribution >= 4 is 43.6 Å². The molecule has 13 heteroatoms. The highest BCUT2D eigenvalue weighted by Gasteiger charge is 2.43. The predicted octanol–water partition coefficient (Wildman–Crippen LogP) is 0.942. The molecule has 2 heterocycles. The van der Waals surface area contributed by atoms with E-state index in [9.17, 15) is 26.4 Å². The third kappa shape index (κ3) is 5.77. The number of carbonyl (C=O) groups is 2. The Bertz CT molecular complexity index is 992. The van der Waals surface area contributed by atoms with E-state index in [1.807, 2.05) is 11.6 Å². The molecule has 2 aliphatic rings. The number of rotatable bonds is 6. The number of thioether (sulfide) groups is 1. The second-order valence-corrected chi connectivity index (χ2v) is 13.4. The number of hydrogen-bond acceptors (Lipinski definition) is 9. The van der Waals surface area contributed by atoms with Crippen LogP contribution in [0.25, 0.3) is 0 Å². The van der Waals surface area contributed by atoms with Gasteiger partial charge in [-0.15, -0.1) is 0 Å². The van der Waals surface area contributed by atoms with E-state index in [0.29, 0.717) is 30.3 Å². The van der Waals surface area contributed by atoms with Crippen molar-refractivity contribution < 1.29 is 31.2 Å². The average molecular weight is 482 g/mol. The van der Waals surface area contributed by atoms with E-state index in [0.717, 1.165) is 0 Å². The van der Waals surface area contributed by atoms with Crippen LogP contribution in [0.1, 0.15) is 41.0 Å². The van der Waals surface area contributed by atoms with Gasteiger partial charge in [-0.2, -0.15) is 0 Å². The third-order valence-corrected chi connectivity index (χ3v) is 9.97. The van der Waals surface area contributed by atoms with Crippen molar-refractivity contribution in [2.45, 2.75) is 57.9 Å². The van der Waals surface area contributed by atoms with Gasteiger partial charge in [-0.05, 0) is 52.3 Å². The number of ether oxygens (including phenoxy) is 1. The van der Waals surface area contributed by atoms with Gasteiger partial charge in [-0.25, -0.2) is 26.4 Å². The first-order valence-corrected chi connectivity index (χ1v) is 13.1. The zero-order valence-electron chi connectivity index (χ0n) is 17.4. The molecule has 0 aromatic rings. The number of sulfonamides is 1. The maximum absolute atomic E-state index is 12.7. The van der Waals surface area contributed by atoms with Crippen LogP contribution in [0.5, 0.6) is 0 Å². The molecule has 170 valence electrons. The number of amides is 2. The van der Waals surface area contributed by atoms with E-state index in [1.54, 1.807) is 27.7 Å². The van der Waals surface area contributed by atoms with Crippen LogP contribution in [-0.4, -0.2) is 58.8 Å². The number of nitrogens with one attached hydrogen (secondary N) is 3. The minimum absolute atomic E-state index is 0.0168. The van der Waals surface area contributed by atoms with E-state index in [4.69, 9.17) is 4.74 Å². The topological polar surface area (TPSA) is 148 Å². The normalized spacial score (nSPS) is 23.4. The Morgan fingerprint density at radius 3 is 2.50 bits per heavy atom. The summed E-state index contributed by atoms with van der Waals surface area (Å²) in [6.07, 6.45) is 0.852. The van der Waals surface area contributed by atoms with Crippen LogP contribution in [0.15, 0.2) is 20.1 Å². The van der Waals surface area contributed by atoms with E-state index in [-0.39, 0.29) is 8.47 Å². The largest absolute Gasteiger partial charge is 0.444 e. The van der Waals surface area contributed by atoms with Crippen LogP contribution in [0.2, 0.25) is 0 Å². The summed E-state index contributed by atoms with van der Waals surface area (Å²) in [5.41, 5.74) is -0.140. The highest BCUT2D eigenvalue weighted by molar-refractivity contribution is 8.28. The highest BCUT2D eigenvalue weighted by Crippen LogP contribution is 2.47. The molecule has 2 atom stereocenters. The molecule has 0 aromatic heterocycles. The molecule has 0 saturated carbocycles. The first-order chi connectivity index (χ1) is 13.7. The number of sulfone groups is 1. The molecule has 0 fully saturated rings. The predicted molar refractivity (Wildman–Crippen MR) is 114 cm³/mol. The van der Waals surface area contributed by atoms with Gasteiger partial charge in [0.2, 0.25) is 0 Å². The lowest BCUT2D eigenvalue weighted by atomic mass is 10.0. The second kappa shape index (κ2) is 8.89. The van der Waals surface area contributed by atoms with E-state index < -0.39 is 55.3 Å². The minimum atomic E-state index is -4.33. The monoisotopic (exact) mass is 481 g/mol. The fourth-order valence-electron chi connectivity index (χ4n) is 2.86. The quantitative estimate of drug-likeness (QED) is 0.504. The Morgan fingerprint density at radius 1 is 1.30 bits per heavy atom. The molecule has 30 heavy (non-hydrogen) atoms. The molecule has 0 unspecified atom stereocenters. The first-order valence-electron chi connectivity index (χ1n) is 9.30. The van der Waals surface area contributed by atoms with Gasteiger partial charge in [0.15, 0.2) is 9.84 Å². The molecular formula is C17H27N3O7S3.